The van der Waals surface area contributed by atoms with E-state index in [0.717, 1.165) is 39.0 Å². The van der Waals surface area contributed by atoms with Crippen molar-refractivity contribution in [2.24, 2.45) is 17.3 Å². The minimum absolute atomic E-state index is 0.262. The van der Waals surface area contributed by atoms with E-state index in [9.17, 15) is 4.79 Å². The normalized spacial score (nSPS) is 31.4. The molecule has 1 aromatic rings. The molecule has 4 nitrogen and oxygen atoms in total. The van der Waals surface area contributed by atoms with Gasteiger partial charge in [0.1, 0.15) is 0 Å². The smallest absolute Gasteiger partial charge is 0.225 e. The van der Waals surface area contributed by atoms with Gasteiger partial charge in [0, 0.05) is 50.1 Å². The van der Waals surface area contributed by atoms with Crippen molar-refractivity contribution in [3.05, 3.63) is 35.4 Å². The van der Waals surface area contributed by atoms with E-state index < -0.39 is 0 Å². The van der Waals surface area contributed by atoms with Gasteiger partial charge in [-0.2, -0.15) is 0 Å². The second-order valence-corrected chi connectivity index (χ2v) is 9.90. The predicted octanol–water partition coefficient (Wildman–Crippen LogP) is 2.28. The van der Waals surface area contributed by atoms with Crippen molar-refractivity contribution in [2.75, 3.05) is 46.8 Å². The van der Waals surface area contributed by atoms with Gasteiger partial charge < -0.3 is 9.80 Å². The molecule has 2 saturated heterocycles. The molecule has 1 saturated carbocycles. The lowest BCUT2D eigenvalue weighted by Crippen LogP contribution is -2.46. The van der Waals surface area contributed by atoms with Crippen LogP contribution in [-0.2, 0) is 17.6 Å². The third kappa shape index (κ3) is 3.01. The molecular formula is C23H33N3O. The number of carbonyl (C=O) groups excluding carboxylic acids is 1. The average Bonchev–Trinajstić information content (AvgIpc) is 3.21. The third-order valence-corrected chi connectivity index (χ3v) is 7.73. The standard InChI is InChI=1S/C23H33N3O/c1-24(2)14-23-15-25(21-10-18-6-3-4-7-19(18)11-21)12-20(23)13-26(16-23)22(27)17-8-5-9-17/h3-4,6-7,17,20-21H,5,8-16H2,1-2H3. The summed E-state index contributed by atoms with van der Waals surface area (Å²) in [7, 11) is 4.38. The second-order valence-electron chi connectivity index (χ2n) is 9.90. The molecule has 2 atom stereocenters. The third-order valence-electron chi connectivity index (χ3n) is 7.73. The monoisotopic (exact) mass is 367 g/mol. The van der Waals surface area contributed by atoms with Gasteiger partial charge in [-0.1, -0.05) is 30.7 Å². The van der Waals surface area contributed by atoms with Crippen molar-refractivity contribution in [3.63, 3.8) is 0 Å². The SMILES string of the molecule is CN(C)CC12CN(C(=O)C3CCC3)CC1CN(C1Cc3ccccc3C1)C2. The number of carbonyl (C=O) groups is 1. The highest BCUT2D eigenvalue weighted by Crippen LogP contribution is 2.46. The Morgan fingerprint density at radius 3 is 2.41 bits per heavy atom. The molecule has 1 amide bonds. The quantitative estimate of drug-likeness (QED) is 0.817. The number of rotatable bonds is 4. The molecule has 146 valence electrons. The van der Waals surface area contributed by atoms with E-state index in [1.165, 1.54) is 25.8 Å². The van der Waals surface area contributed by atoms with Crippen molar-refractivity contribution < 1.29 is 4.79 Å². The van der Waals surface area contributed by atoms with Crippen LogP contribution >= 0.6 is 0 Å². The summed E-state index contributed by atoms with van der Waals surface area (Å²) >= 11 is 0. The average molecular weight is 368 g/mol. The number of hydrogen-bond acceptors (Lipinski definition) is 3. The Hall–Kier alpha value is -1.39. The van der Waals surface area contributed by atoms with Crippen molar-refractivity contribution in [2.45, 2.75) is 38.1 Å². The van der Waals surface area contributed by atoms with Crippen molar-refractivity contribution in [1.29, 1.82) is 0 Å². The van der Waals surface area contributed by atoms with Crippen molar-refractivity contribution >= 4 is 5.91 Å². The summed E-state index contributed by atoms with van der Waals surface area (Å²) in [6.45, 7) is 5.38. The first-order valence-corrected chi connectivity index (χ1v) is 10.8. The minimum Gasteiger partial charge on any atom is -0.341 e. The Kier molecular flexibility index (Phi) is 4.32. The lowest BCUT2D eigenvalue weighted by molar-refractivity contribution is -0.137. The molecule has 3 fully saturated rings. The number of likely N-dealkylation sites (tertiary alicyclic amines) is 2. The summed E-state index contributed by atoms with van der Waals surface area (Å²) in [6, 6.07) is 9.62. The fourth-order valence-corrected chi connectivity index (χ4v) is 6.23. The summed E-state index contributed by atoms with van der Waals surface area (Å²) in [5.41, 5.74) is 3.35. The molecule has 0 aromatic heterocycles. The molecule has 2 unspecified atom stereocenters. The second kappa shape index (κ2) is 6.59. The molecule has 2 aliphatic heterocycles. The fraction of sp³-hybridized carbons (Fsp3) is 0.696. The van der Waals surface area contributed by atoms with Crippen LogP contribution in [0.4, 0.5) is 0 Å². The lowest BCUT2D eigenvalue weighted by Gasteiger charge is -2.35. The summed E-state index contributed by atoms with van der Waals surface area (Å²) in [5.74, 6) is 1.42. The maximum atomic E-state index is 12.9. The molecule has 5 rings (SSSR count). The van der Waals surface area contributed by atoms with Crippen LogP contribution in [0.25, 0.3) is 0 Å². The van der Waals surface area contributed by atoms with Crippen LogP contribution in [0.1, 0.15) is 30.4 Å². The van der Waals surface area contributed by atoms with Crippen LogP contribution in [0.2, 0.25) is 0 Å². The molecule has 27 heavy (non-hydrogen) atoms. The van der Waals surface area contributed by atoms with Crippen molar-refractivity contribution in [3.8, 4) is 0 Å². The summed E-state index contributed by atoms with van der Waals surface area (Å²) in [4.78, 5) is 20.2. The molecule has 0 bridgehead atoms. The first kappa shape index (κ1) is 17.7. The molecule has 0 radical (unpaired) electrons. The van der Waals surface area contributed by atoms with E-state index in [0.29, 0.717) is 23.8 Å². The molecule has 2 aliphatic carbocycles. The molecule has 2 heterocycles. The Labute approximate surface area is 163 Å². The Morgan fingerprint density at radius 1 is 1.11 bits per heavy atom. The summed E-state index contributed by atoms with van der Waals surface area (Å²) in [6.07, 6.45) is 5.88. The zero-order chi connectivity index (χ0) is 18.6. The maximum Gasteiger partial charge on any atom is 0.225 e. The number of fused-ring (bicyclic) bond motifs is 2. The molecule has 4 heteroatoms. The van der Waals surface area contributed by atoms with Gasteiger partial charge in [0.25, 0.3) is 0 Å². The fourth-order valence-electron chi connectivity index (χ4n) is 6.23. The molecule has 1 aromatic carbocycles. The Bertz CT molecular complexity index is 703. The van der Waals surface area contributed by atoms with Gasteiger partial charge in [0.15, 0.2) is 0 Å². The zero-order valence-electron chi connectivity index (χ0n) is 16.9. The lowest BCUT2D eigenvalue weighted by atomic mass is 9.80. The summed E-state index contributed by atoms with van der Waals surface area (Å²) < 4.78 is 0. The zero-order valence-corrected chi connectivity index (χ0v) is 16.9. The van der Waals surface area contributed by atoms with E-state index >= 15 is 0 Å². The van der Waals surface area contributed by atoms with Gasteiger partial charge in [-0.05, 0) is 56.8 Å². The first-order chi connectivity index (χ1) is 13.0. The van der Waals surface area contributed by atoms with Gasteiger partial charge in [0.05, 0.1) is 0 Å². The first-order valence-electron chi connectivity index (χ1n) is 10.8. The van der Waals surface area contributed by atoms with E-state index in [1.807, 2.05) is 0 Å². The topological polar surface area (TPSA) is 26.8 Å². The Morgan fingerprint density at radius 2 is 1.81 bits per heavy atom. The molecule has 0 N–H and O–H groups in total. The number of nitrogens with zero attached hydrogens (tertiary/aromatic N) is 3. The van der Waals surface area contributed by atoms with Crippen molar-refractivity contribution in [1.82, 2.24) is 14.7 Å². The van der Waals surface area contributed by atoms with Crippen LogP contribution in [-0.4, -0.2) is 73.5 Å². The predicted molar refractivity (Wildman–Crippen MR) is 108 cm³/mol. The van der Waals surface area contributed by atoms with E-state index in [1.54, 1.807) is 11.1 Å². The van der Waals surface area contributed by atoms with Gasteiger partial charge in [-0.25, -0.2) is 0 Å². The van der Waals surface area contributed by atoms with Crippen LogP contribution in [0.5, 0.6) is 0 Å². The number of benzene rings is 1. The van der Waals surface area contributed by atoms with Gasteiger partial charge in [-0.15, -0.1) is 0 Å². The van der Waals surface area contributed by atoms with Gasteiger partial charge in [-0.3, -0.25) is 9.69 Å². The van der Waals surface area contributed by atoms with Crippen LogP contribution in [0.15, 0.2) is 24.3 Å². The van der Waals surface area contributed by atoms with E-state index in [-0.39, 0.29) is 5.41 Å². The molecular weight excluding hydrogens is 334 g/mol. The maximum absolute atomic E-state index is 12.9. The highest BCUT2D eigenvalue weighted by molar-refractivity contribution is 5.80. The minimum atomic E-state index is 0.262. The van der Waals surface area contributed by atoms with Gasteiger partial charge in [0.2, 0.25) is 5.91 Å². The number of hydrogen-bond donors (Lipinski definition) is 0. The summed E-state index contributed by atoms with van der Waals surface area (Å²) in [5, 5.41) is 0. The Balaban J connectivity index is 1.31. The van der Waals surface area contributed by atoms with E-state index in [4.69, 9.17) is 0 Å². The van der Waals surface area contributed by atoms with Crippen LogP contribution in [0.3, 0.4) is 0 Å². The molecule has 0 spiro atoms. The molecule has 4 aliphatic rings. The highest BCUT2D eigenvalue weighted by Gasteiger charge is 2.55. The highest BCUT2D eigenvalue weighted by atomic mass is 16.2. The van der Waals surface area contributed by atoms with Crippen LogP contribution in [0, 0.1) is 17.3 Å². The van der Waals surface area contributed by atoms with Crippen LogP contribution < -0.4 is 0 Å². The number of amides is 1. The largest absolute Gasteiger partial charge is 0.341 e. The van der Waals surface area contributed by atoms with Gasteiger partial charge >= 0.3 is 0 Å². The van der Waals surface area contributed by atoms with E-state index in [2.05, 4.69) is 53.1 Å².